The Morgan fingerprint density at radius 2 is 2.00 bits per heavy atom. The normalized spacial score (nSPS) is 17.4. The zero-order valence-corrected chi connectivity index (χ0v) is 16.4. The summed E-state index contributed by atoms with van der Waals surface area (Å²) in [5, 5.41) is 5.32. The van der Waals surface area contributed by atoms with E-state index in [-0.39, 0.29) is 24.9 Å². The lowest BCUT2D eigenvalue weighted by molar-refractivity contribution is -0.165. The van der Waals surface area contributed by atoms with Crippen molar-refractivity contribution >= 4 is 29.2 Å². The number of amides is 2. The Morgan fingerprint density at radius 3 is 2.72 bits per heavy atom. The van der Waals surface area contributed by atoms with Crippen LogP contribution in [0.1, 0.15) is 19.4 Å². The molecule has 152 valence electrons. The zero-order chi connectivity index (χ0) is 21.0. The van der Waals surface area contributed by atoms with Gasteiger partial charge in [0.25, 0.3) is 17.4 Å². The minimum absolute atomic E-state index is 0.120. The standard InChI is InChI=1S/C21H22N2O6/c1-4-27-20(26)21(3)19(25)23-16-9-8-14(11-17(16)29-21)22-18(24)12-28-15-7-5-6-13(2)10-15/h5-11H,4,12H2,1-3H3,(H,22,24)(H,23,25). The molecule has 0 aromatic heterocycles. The van der Waals surface area contributed by atoms with Crippen LogP contribution >= 0.6 is 0 Å². The lowest BCUT2D eigenvalue weighted by Gasteiger charge is -2.32. The molecule has 0 saturated carbocycles. The highest BCUT2D eigenvalue weighted by Gasteiger charge is 2.48. The highest BCUT2D eigenvalue weighted by Crippen LogP contribution is 2.36. The molecule has 0 saturated heterocycles. The van der Waals surface area contributed by atoms with E-state index >= 15 is 0 Å². The van der Waals surface area contributed by atoms with Crippen LogP contribution < -0.4 is 20.1 Å². The maximum Gasteiger partial charge on any atom is 0.360 e. The van der Waals surface area contributed by atoms with Crippen molar-refractivity contribution in [2.24, 2.45) is 0 Å². The van der Waals surface area contributed by atoms with Gasteiger partial charge >= 0.3 is 5.97 Å². The van der Waals surface area contributed by atoms with Crippen molar-refractivity contribution in [3.63, 3.8) is 0 Å². The average molecular weight is 398 g/mol. The molecule has 0 bridgehead atoms. The van der Waals surface area contributed by atoms with Crippen molar-refractivity contribution in [3.8, 4) is 11.5 Å². The predicted octanol–water partition coefficient (Wildman–Crippen LogP) is 2.67. The number of esters is 1. The summed E-state index contributed by atoms with van der Waals surface area (Å²) < 4.78 is 16.1. The van der Waals surface area contributed by atoms with E-state index in [1.165, 1.54) is 13.0 Å². The molecule has 1 heterocycles. The Balaban J connectivity index is 1.68. The molecule has 0 radical (unpaired) electrons. The molecule has 2 amide bonds. The number of anilines is 2. The molecule has 0 fully saturated rings. The number of fused-ring (bicyclic) bond motifs is 1. The van der Waals surface area contributed by atoms with Gasteiger partial charge in [-0.05, 0) is 50.6 Å². The van der Waals surface area contributed by atoms with Crippen molar-refractivity contribution in [2.75, 3.05) is 23.8 Å². The minimum atomic E-state index is -1.81. The third-order valence-electron chi connectivity index (χ3n) is 4.29. The van der Waals surface area contributed by atoms with Crippen LogP contribution in [0.4, 0.5) is 11.4 Å². The molecule has 0 spiro atoms. The van der Waals surface area contributed by atoms with Gasteiger partial charge in [-0.2, -0.15) is 0 Å². The molecular formula is C21H22N2O6. The van der Waals surface area contributed by atoms with Gasteiger partial charge in [0.2, 0.25) is 0 Å². The number of carbonyl (C=O) groups is 3. The Kier molecular flexibility index (Phi) is 5.72. The van der Waals surface area contributed by atoms with Crippen molar-refractivity contribution in [3.05, 3.63) is 48.0 Å². The van der Waals surface area contributed by atoms with E-state index in [4.69, 9.17) is 14.2 Å². The first-order chi connectivity index (χ1) is 13.8. The predicted molar refractivity (Wildman–Crippen MR) is 106 cm³/mol. The summed E-state index contributed by atoms with van der Waals surface area (Å²) in [5.41, 5.74) is 0.0519. The second-order valence-electron chi connectivity index (χ2n) is 6.67. The third kappa shape index (κ3) is 4.48. The summed E-state index contributed by atoms with van der Waals surface area (Å²) in [6.07, 6.45) is 0. The first-order valence-corrected chi connectivity index (χ1v) is 9.13. The van der Waals surface area contributed by atoms with Crippen LogP contribution in [-0.4, -0.2) is 36.6 Å². The summed E-state index contributed by atoms with van der Waals surface area (Å²) in [4.78, 5) is 36.6. The molecule has 0 aliphatic carbocycles. The van der Waals surface area contributed by atoms with Crippen LogP contribution in [0, 0.1) is 6.92 Å². The molecule has 1 aliphatic rings. The Bertz CT molecular complexity index is 958. The van der Waals surface area contributed by atoms with E-state index in [0.29, 0.717) is 17.1 Å². The van der Waals surface area contributed by atoms with Gasteiger partial charge in [0, 0.05) is 11.8 Å². The quantitative estimate of drug-likeness (QED) is 0.573. The van der Waals surface area contributed by atoms with E-state index in [9.17, 15) is 14.4 Å². The Labute approximate surface area is 168 Å². The molecule has 2 aromatic carbocycles. The van der Waals surface area contributed by atoms with E-state index in [0.717, 1.165) is 5.56 Å². The molecule has 1 atom stereocenters. The van der Waals surface area contributed by atoms with Crippen molar-refractivity contribution in [1.82, 2.24) is 0 Å². The number of benzene rings is 2. The van der Waals surface area contributed by atoms with E-state index < -0.39 is 17.5 Å². The second kappa shape index (κ2) is 8.22. The lowest BCUT2D eigenvalue weighted by atomic mass is 10.0. The molecule has 2 N–H and O–H groups in total. The zero-order valence-electron chi connectivity index (χ0n) is 16.4. The highest BCUT2D eigenvalue weighted by molar-refractivity contribution is 6.14. The van der Waals surface area contributed by atoms with Crippen LogP contribution in [0.3, 0.4) is 0 Å². The van der Waals surface area contributed by atoms with Crippen molar-refractivity contribution in [2.45, 2.75) is 26.4 Å². The van der Waals surface area contributed by atoms with Gasteiger partial charge in [0.1, 0.15) is 11.5 Å². The van der Waals surface area contributed by atoms with Crippen LogP contribution in [0.15, 0.2) is 42.5 Å². The number of hydrogen-bond acceptors (Lipinski definition) is 6. The fourth-order valence-corrected chi connectivity index (χ4v) is 2.75. The number of hydrogen-bond donors (Lipinski definition) is 2. The molecule has 29 heavy (non-hydrogen) atoms. The van der Waals surface area contributed by atoms with Gasteiger partial charge in [0.15, 0.2) is 6.61 Å². The first-order valence-electron chi connectivity index (χ1n) is 9.13. The number of aryl methyl sites for hydroxylation is 1. The fourth-order valence-electron chi connectivity index (χ4n) is 2.75. The summed E-state index contributed by atoms with van der Waals surface area (Å²) in [6, 6.07) is 12.1. The third-order valence-corrected chi connectivity index (χ3v) is 4.29. The minimum Gasteiger partial charge on any atom is -0.484 e. The molecule has 1 unspecified atom stereocenters. The topological polar surface area (TPSA) is 103 Å². The van der Waals surface area contributed by atoms with Crippen molar-refractivity contribution < 1.29 is 28.6 Å². The largest absolute Gasteiger partial charge is 0.484 e. The van der Waals surface area contributed by atoms with Crippen LogP contribution in [0.5, 0.6) is 11.5 Å². The molecular weight excluding hydrogens is 376 g/mol. The Hall–Kier alpha value is -3.55. The van der Waals surface area contributed by atoms with Crippen molar-refractivity contribution in [1.29, 1.82) is 0 Å². The number of carbonyl (C=O) groups excluding carboxylic acids is 3. The lowest BCUT2D eigenvalue weighted by Crippen LogP contribution is -2.55. The maximum absolute atomic E-state index is 12.3. The van der Waals surface area contributed by atoms with Gasteiger partial charge in [-0.15, -0.1) is 0 Å². The molecule has 8 heteroatoms. The fraction of sp³-hybridized carbons (Fsp3) is 0.286. The summed E-state index contributed by atoms with van der Waals surface area (Å²) in [6.45, 7) is 4.86. The van der Waals surface area contributed by atoms with E-state index in [1.807, 2.05) is 25.1 Å². The van der Waals surface area contributed by atoms with E-state index in [1.54, 1.807) is 25.1 Å². The van der Waals surface area contributed by atoms with Gasteiger partial charge < -0.3 is 24.8 Å². The maximum atomic E-state index is 12.3. The van der Waals surface area contributed by atoms with Crippen LogP contribution in [0.25, 0.3) is 0 Å². The van der Waals surface area contributed by atoms with Gasteiger partial charge in [-0.3, -0.25) is 9.59 Å². The second-order valence-corrected chi connectivity index (χ2v) is 6.67. The molecule has 3 rings (SSSR count). The van der Waals surface area contributed by atoms with Crippen LogP contribution in [-0.2, 0) is 19.1 Å². The first kappa shape index (κ1) is 20.2. The average Bonchev–Trinajstić information content (AvgIpc) is 2.68. The molecule has 1 aliphatic heterocycles. The number of ether oxygens (including phenoxy) is 3. The monoisotopic (exact) mass is 398 g/mol. The molecule has 8 nitrogen and oxygen atoms in total. The van der Waals surface area contributed by atoms with Gasteiger partial charge in [-0.25, -0.2) is 4.79 Å². The van der Waals surface area contributed by atoms with E-state index in [2.05, 4.69) is 10.6 Å². The van der Waals surface area contributed by atoms with Gasteiger partial charge in [0.05, 0.1) is 12.3 Å². The SMILES string of the molecule is CCOC(=O)C1(C)Oc2cc(NC(=O)COc3cccc(C)c3)ccc2NC1=O. The van der Waals surface area contributed by atoms with Crippen LogP contribution in [0.2, 0.25) is 0 Å². The highest BCUT2D eigenvalue weighted by atomic mass is 16.6. The summed E-state index contributed by atoms with van der Waals surface area (Å²) in [5.74, 6) is -0.921. The van der Waals surface area contributed by atoms with Gasteiger partial charge in [-0.1, -0.05) is 12.1 Å². The smallest absolute Gasteiger partial charge is 0.360 e. The summed E-state index contributed by atoms with van der Waals surface area (Å²) in [7, 11) is 0. The number of nitrogens with one attached hydrogen (secondary N) is 2. The summed E-state index contributed by atoms with van der Waals surface area (Å²) >= 11 is 0. The Morgan fingerprint density at radius 1 is 1.21 bits per heavy atom. The molecule has 2 aromatic rings. The number of rotatable bonds is 6.